The van der Waals surface area contributed by atoms with Crippen LogP contribution in [0.1, 0.15) is 42.6 Å². The maximum atomic E-state index is 12.4. The summed E-state index contributed by atoms with van der Waals surface area (Å²) >= 11 is 0. The summed E-state index contributed by atoms with van der Waals surface area (Å²) < 4.78 is 0. The minimum absolute atomic E-state index is 0.00757. The summed E-state index contributed by atoms with van der Waals surface area (Å²) in [5.74, 6) is -1.38. The monoisotopic (exact) mass is 303 g/mol. The molecule has 118 valence electrons. The summed E-state index contributed by atoms with van der Waals surface area (Å²) in [5.41, 5.74) is 1.45. The Hall–Kier alpha value is -2.17. The number of ketones is 1. The second kappa shape index (κ2) is 6.73. The van der Waals surface area contributed by atoms with Crippen LogP contribution in [0.2, 0.25) is 0 Å². The van der Waals surface area contributed by atoms with E-state index in [1.807, 2.05) is 6.92 Å². The molecule has 1 heterocycles. The molecule has 0 spiro atoms. The lowest BCUT2D eigenvalue weighted by Crippen LogP contribution is -2.47. The third kappa shape index (κ3) is 3.72. The van der Waals surface area contributed by atoms with Crippen LogP contribution in [0.25, 0.3) is 0 Å². The smallest absolute Gasteiger partial charge is 0.308 e. The van der Waals surface area contributed by atoms with Crippen LogP contribution in [0.3, 0.4) is 0 Å². The maximum Gasteiger partial charge on any atom is 0.308 e. The number of likely N-dealkylation sites (tertiary alicyclic amines) is 1. The van der Waals surface area contributed by atoms with Crippen LogP contribution in [-0.2, 0) is 16.0 Å². The highest BCUT2D eigenvalue weighted by molar-refractivity contribution is 5.94. The Kier molecular flexibility index (Phi) is 4.96. The first-order valence-electron chi connectivity index (χ1n) is 7.50. The van der Waals surface area contributed by atoms with Gasteiger partial charge in [-0.05, 0) is 32.3 Å². The van der Waals surface area contributed by atoms with E-state index in [4.69, 9.17) is 5.11 Å². The van der Waals surface area contributed by atoms with Crippen molar-refractivity contribution in [3.63, 3.8) is 0 Å². The zero-order valence-corrected chi connectivity index (χ0v) is 12.9. The van der Waals surface area contributed by atoms with Crippen molar-refractivity contribution in [2.45, 2.75) is 39.2 Å². The fraction of sp³-hybridized carbons (Fsp3) is 0.471. The van der Waals surface area contributed by atoms with E-state index in [1.54, 1.807) is 29.2 Å². The second-order valence-corrected chi connectivity index (χ2v) is 5.94. The summed E-state index contributed by atoms with van der Waals surface area (Å²) in [6, 6.07) is 7.05. The maximum absolute atomic E-state index is 12.4. The first kappa shape index (κ1) is 16.2. The molecule has 0 radical (unpaired) electrons. The molecule has 1 saturated heterocycles. The number of carbonyl (C=O) groups excluding carboxylic acids is 2. The van der Waals surface area contributed by atoms with Crippen molar-refractivity contribution in [3.8, 4) is 0 Å². The Morgan fingerprint density at radius 1 is 1.18 bits per heavy atom. The first-order valence-corrected chi connectivity index (χ1v) is 7.50. The number of benzene rings is 1. The Labute approximate surface area is 129 Å². The van der Waals surface area contributed by atoms with Crippen molar-refractivity contribution in [1.29, 1.82) is 0 Å². The zero-order chi connectivity index (χ0) is 16.3. The summed E-state index contributed by atoms with van der Waals surface area (Å²) in [7, 11) is 0. The second-order valence-electron chi connectivity index (χ2n) is 5.94. The SMILES string of the molecule is CC(=O)c1ccc(CC(=O)N2CC(C(=O)O)CCC2C)cc1. The van der Waals surface area contributed by atoms with E-state index in [0.29, 0.717) is 18.4 Å². The molecule has 2 rings (SSSR count). The van der Waals surface area contributed by atoms with Crippen LogP contribution in [0.5, 0.6) is 0 Å². The lowest BCUT2D eigenvalue weighted by atomic mass is 9.93. The Morgan fingerprint density at radius 3 is 2.36 bits per heavy atom. The number of hydrogen-bond donors (Lipinski definition) is 1. The van der Waals surface area contributed by atoms with Crippen LogP contribution in [-0.4, -0.2) is 40.3 Å². The number of Topliss-reactive ketones (excluding diaryl/α,β-unsaturated/α-hetero) is 1. The van der Waals surface area contributed by atoms with Gasteiger partial charge < -0.3 is 10.0 Å². The predicted molar refractivity (Wildman–Crippen MR) is 81.7 cm³/mol. The van der Waals surface area contributed by atoms with E-state index in [0.717, 1.165) is 5.56 Å². The van der Waals surface area contributed by atoms with Gasteiger partial charge in [-0.15, -0.1) is 0 Å². The number of amides is 1. The van der Waals surface area contributed by atoms with E-state index < -0.39 is 11.9 Å². The van der Waals surface area contributed by atoms with Gasteiger partial charge in [0.05, 0.1) is 12.3 Å². The number of carbonyl (C=O) groups is 3. The lowest BCUT2D eigenvalue weighted by molar-refractivity contribution is -0.147. The van der Waals surface area contributed by atoms with E-state index in [-0.39, 0.29) is 30.7 Å². The standard InChI is InChI=1S/C17H21NO4/c1-11-3-6-15(17(21)22)10-18(11)16(20)9-13-4-7-14(8-5-13)12(2)19/h4-5,7-8,11,15H,3,6,9-10H2,1-2H3,(H,21,22). The highest BCUT2D eigenvalue weighted by atomic mass is 16.4. The quantitative estimate of drug-likeness (QED) is 0.865. The first-order chi connectivity index (χ1) is 10.4. The minimum atomic E-state index is -0.837. The minimum Gasteiger partial charge on any atom is -0.481 e. The lowest BCUT2D eigenvalue weighted by Gasteiger charge is -2.36. The zero-order valence-electron chi connectivity index (χ0n) is 12.9. The third-order valence-corrected chi connectivity index (χ3v) is 4.27. The molecule has 0 aliphatic carbocycles. The van der Waals surface area contributed by atoms with Gasteiger partial charge in [0.2, 0.25) is 5.91 Å². The van der Waals surface area contributed by atoms with Crippen LogP contribution in [0.4, 0.5) is 0 Å². The van der Waals surface area contributed by atoms with Crippen molar-refractivity contribution in [2.24, 2.45) is 5.92 Å². The number of carboxylic acids is 1. The molecule has 1 aromatic rings. The molecular weight excluding hydrogens is 282 g/mol. The van der Waals surface area contributed by atoms with Gasteiger partial charge in [0.25, 0.3) is 0 Å². The molecule has 1 amide bonds. The molecule has 2 unspecified atom stereocenters. The van der Waals surface area contributed by atoms with Crippen molar-refractivity contribution in [1.82, 2.24) is 4.90 Å². The highest BCUT2D eigenvalue weighted by Crippen LogP contribution is 2.23. The fourth-order valence-corrected chi connectivity index (χ4v) is 2.79. The number of nitrogens with zero attached hydrogens (tertiary/aromatic N) is 1. The molecule has 1 aliphatic rings. The molecular formula is C17H21NO4. The van der Waals surface area contributed by atoms with Crippen LogP contribution < -0.4 is 0 Å². The van der Waals surface area contributed by atoms with E-state index in [9.17, 15) is 14.4 Å². The van der Waals surface area contributed by atoms with Gasteiger partial charge in [-0.1, -0.05) is 24.3 Å². The Bertz CT molecular complexity index is 579. The topological polar surface area (TPSA) is 74.7 Å². The molecule has 5 heteroatoms. The molecule has 1 aromatic carbocycles. The molecule has 0 saturated carbocycles. The van der Waals surface area contributed by atoms with Crippen LogP contribution in [0, 0.1) is 5.92 Å². The van der Waals surface area contributed by atoms with Crippen molar-refractivity contribution in [2.75, 3.05) is 6.54 Å². The van der Waals surface area contributed by atoms with E-state index >= 15 is 0 Å². The number of hydrogen-bond acceptors (Lipinski definition) is 3. The largest absolute Gasteiger partial charge is 0.481 e. The van der Waals surface area contributed by atoms with Gasteiger partial charge in [-0.25, -0.2) is 0 Å². The van der Waals surface area contributed by atoms with Crippen molar-refractivity contribution in [3.05, 3.63) is 35.4 Å². The molecule has 5 nitrogen and oxygen atoms in total. The molecule has 0 bridgehead atoms. The Morgan fingerprint density at radius 2 is 1.82 bits per heavy atom. The fourth-order valence-electron chi connectivity index (χ4n) is 2.79. The number of piperidine rings is 1. The van der Waals surface area contributed by atoms with E-state index in [2.05, 4.69) is 0 Å². The van der Waals surface area contributed by atoms with Gasteiger partial charge in [-0.3, -0.25) is 14.4 Å². The van der Waals surface area contributed by atoms with Crippen LogP contribution >= 0.6 is 0 Å². The number of aliphatic carboxylic acids is 1. The Balaban J connectivity index is 2.03. The number of rotatable bonds is 4. The summed E-state index contributed by atoms with van der Waals surface area (Å²) in [5, 5.41) is 9.13. The summed E-state index contributed by atoms with van der Waals surface area (Å²) in [4.78, 5) is 36.5. The molecule has 22 heavy (non-hydrogen) atoms. The highest BCUT2D eigenvalue weighted by Gasteiger charge is 2.32. The van der Waals surface area contributed by atoms with Gasteiger partial charge in [-0.2, -0.15) is 0 Å². The van der Waals surface area contributed by atoms with E-state index in [1.165, 1.54) is 6.92 Å². The van der Waals surface area contributed by atoms with Gasteiger partial charge in [0.1, 0.15) is 0 Å². The average molecular weight is 303 g/mol. The molecule has 1 aliphatic heterocycles. The number of carboxylic acid groups (broad SMARTS) is 1. The molecule has 2 atom stereocenters. The summed E-state index contributed by atoms with van der Waals surface area (Å²) in [6.07, 6.45) is 1.56. The molecule has 1 N–H and O–H groups in total. The van der Waals surface area contributed by atoms with Gasteiger partial charge in [0, 0.05) is 18.2 Å². The molecule has 1 fully saturated rings. The summed E-state index contributed by atoms with van der Waals surface area (Å²) in [6.45, 7) is 3.73. The van der Waals surface area contributed by atoms with Crippen LogP contribution in [0.15, 0.2) is 24.3 Å². The normalized spacial score (nSPS) is 21.5. The molecule has 0 aromatic heterocycles. The average Bonchev–Trinajstić information content (AvgIpc) is 2.47. The van der Waals surface area contributed by atoms with Gasteiger partial charge in [0.15, 0.2) is 5.78 Å². The van der Waals surface area contributed by atoms with Crippen molar-refractivity contribution >= 4 is 17.7 Å². The predicted octanol–water partition coefficient (Wildman–Crippen LogP) is 2.14. The van der Waals surface area contributed by atoms with Crippen molar-refractivity contribution < 1.29 is 19.5 Å². The van der Waals surface area contributed by atoms with Gasteiger partial charge >= 0.3 is 5.97 Å². The third-order valence-electron chi connectivity index (χ3n) is 4.27.